The molecule has 2 rings (SSSR count). The van der Waals surface area contributed by atoms with Gasteiger partial charge in [0.25, 0.3) is 0 Å². The van der Waals surface area contributed by atoms with Crippen LogP contribution in [0.4, 0.5) is 8.78 Å². The molecule has 128 valence electrons. The van der Waals surface area contributed by atoms with Gasteiger partial charge in [0.05, 0.1) is 0 Å². The molecule has 0 aromatic heterocycles. The van der Waals surface area contributed by atoms with E-state index in [0.29, 0.717) is 12.9 Å². The number of halogens is 4. The Morgan fingerprint density at radius 3 is 2.42 bits per heavy atom. The molecule has 2 aromatic carbocycles. The van der Waals surface area contributed by atoms with Gasteiger partial charge >= 0.3 is 181 Å². The van der Waals surface area contributed by atoms with E-state index in [2.05, 4.69) is 0 Å². The molecule has 0 heterocycles. The zero-order valence-electron chi connectivity index (χ0n) is 11.8. The molecule has 0 unspecified atom stereocenters. The summed E-state index contributed by atoms with van der Waals surface area (Å²) in [7, 11) is 0. The van der Waals surface area contributed by atoms with E-state index >= 15 is 0 Å². The van der Waals surface area contributed by atoms with Gasteiger partial charge in [-0.2, -0.15) is 0 Å². The molecule has 0 saturated heterocycles. The fraction of sp³-hybridized carbons (Fsp3) is 0.133. The van der Waals surface area contributed by atoms with Crippen molar-refractivity contribution in [1.82, 2.24) is 0 Å². The topological polar surface area (TPSA) is 72.5 Å². The Balaban J connectivity index is 2.32. The second kappa shape index (κ2) is 8.50. The normalized spacial score (nSPS) is 12.1. The third-order valence-electron chi connectivity index (χ3n) is 3.04. The summed E-state index contributed by atoms with van der Waals surface area (Å²) in [5.74, 6) is -2.04. The number of carbonyl (C=O) groups is 1. The van der Waals surface area contributed by atoms with Crippen molar-refractivity contribution in [3.8, 4) is 11.5 Å². The number of nitrogens with two attached hydrogens (primary N) is 1. The number of ether oxygens (including phenoxy) is 1. The molecule has 2 aromatic rings. The Morgan fingerprint density at radius 2 is 1.88 bits per heavy atom. The Labute approximate surface area is 179 Å². The Hall–Kier alpha value is -0.127. The van der Waals surface area contributed by atoms with Gasteiger partial charge in [-0.25, -0.2) is 0 Å². The molecule has 0 amide bonds. The zero-order valence-corrected chi connectivity index (χ0v) is 19.1. The van der Waals surface area contributed by atoms with E-state index in [4.69, 9.17) is 15.6 Å². The van der Waals surface area contributed by atoms with Gasteiger partial charge in [0.15, 0.2) is 0 Å². The third-order valence-corrected chi connectivity index (χ3v) is 5.99. The van der Waals surface area contributed by atoms with E-state index in [1.165, 1.54) is 6.07 Å². The van der Waals surface area contributed by atoms with Crippen LogP contribution in [-0.4, -0.2) is 17.1 Å². The average Bonchev–Trinajstić information content (AvgIpc) is 2.50. The maximum atomic E-state index is 14.1. The number of hydrogen-bond donors (Lipinski definition) is 2. The molecule has 0 aliphatic heterocycles. The molecule has 0 fully saturated rings. The first kappa shape index (κ1) is 20.2. The fourth-order valence-corrected chi connectivity index (χ4v) is 4.59. The summed E-state index contributed by atoms with van der Waals surface area (Å²) in [6, 6.07) is 4.88. The number of benzene rings is 2. The SMILES string of the molecule is N[C@@H](Cc1cc(I)c(Oc2ccc(F)c([At])c2F)c(I)c1)C(=O)O. The van der Waals surface area contributed by atoms with Gasteiger partial charge in [-0.05, 0) is 0 Å². The van der Waals surface area contributed by atoms with Crippen molar-refractivity contribution in [3.63, 3.8) is 0 Å². The molecule has 9 heteroatoms. The third kappa shape index (κ3) is 4.73. The van der Waals surface area contributed by atoms with Gasteiger partial charge in [-0.1, -0.05) is 0 Å². The van der Waals surface area contributed by atoms with E-state index in [0.717, 1.165) is 36.3 Å². The second-order valence-electron chi connectivity index (χ2n) is 4.81. The minimum atomic E-state index is -1.08. The van der Waals surface area contributed by atoms with Crippen LogP contribution in [0.5, 0.6) is 11.5 Å². The van der Waals surface area contributed by atoms with Gasteiger partial charge in [0, 0.05) is 0 Å². The maximum absolute atomic E-state index is 14.1. The van der Waals surface area contributed by atoms with Crippen LogP contribution in [0.1, 0.15) is 5.56 Å². The summed E-state index contributed by atoms with van der Waals surface area (Å²) in [6.45, 7) is 0. The molecule has 1 atom stereocenters. The standard InChI is InChI=1S/C15H10AtF2I2NO3/c16-12-7(17)1-2-11(13(12)18)24-14-8(19)3-6(4-9(14)20)5-10(21)15(22)23/h1-4,10H,5,21H2,(H,22,23)/t10-/m0/s1. The fourth-order valence-electron chi connectivity index (χ4n) is 1.87. The quantitative estimate of drug-likeness (QED) is 0.461. The number of aliphatic carboxylic acids is 1. The van der Waals surface area contributed by atoms with Gasteiger partial charge < -0.3 is 0 Å². The van der Waals surface area contributed by atoms with E-state index in [1.807, 2.05) is 45.2 Å². The molecule has 0 saturated carbocycles. The first-order valence-corrected chi connectivity index (χ1v) is 10.1. The van der Waals surface area contributed by atoms with Crippen LogP contribution < -0.4 is 13.7 Å². The van der Waals surface area contributed by atoms with Crippen molar-refractivity contribution in [3.05, 3.63) is 48.6 Å². The van der Waals surface area contributed by atoms with Crippen molar-refractivity contribution < 1.29 is 48.1 Å². The van der Waals surface area contributed by atoms with Crippen LogP contribution in [0.25, 0.3) is 0 Å². The number of rotatable bonds is 5. The van der Waals surface area contributed by atoms with E-state index in [9.17, 15) is 13.6 Å². The summed E-state index contributed by atoms with van der Waals surface area (Å²) < 4.78 is 34.4. The Morgan fingerprint density at radius 1 is 1.29 bits per heavy atom. The van der Waals surface area contributed by atoms with Crippen molar-refractivity contribution in [1.29, 1.82) is 0 Å². The van der Waals surface area contributed by atoms with E-state index < -0.39 is 23.6 Å². The molecule has 0 spiro atoms. The first-order chi connectivity index (χ1) is 11.2. The molecule has 3 N–H and O–H groups in total. The molecular formula is C15H10AtF2I2NO3. The summed E-state index contributed by atoms with van der Waals surface area (Å²) in [5.41, 5.74) is 6.28. The van der Waals surface area contributed by atoms with Crippen LogP contribution >= 0.6 is 45.2 Å². The molecule has 24 heavy (non-hydrogen) atoms. The first-order valence-electron chi connectivity index (χ1n) is 6.48. The van der Waals surface area contributed by atoms with Gasteiger partial charge in [0.2, 0.25) is 0 Å². The molecule has 0 bridgehead atoms. The Bertz CT molecular complexity index is 782. The Kier molecular flexibility index (Phi) is 7.15. The summed E-state index contributed by atoms with van der Waals surface area (Å²) in [4.78, 5) is 10.9. The van der Waals surface area contributed by atoms with Crippen LogP contribution in [-0.2, 0) is 11.2 Å². The predicted octanol–water partition coefficient (Wildman–Crippen LogP) is 3.10. The van der Waals surface area contributed by atoms with Crippen molar-refractivity contribution in [2.24, 2.45) is 5.73 Å². The molecule has 0 aliphatic carbocycles. The monoisotopic (exact) mass is 754 g/mol. The van der Waals surface area contributed by atoms with Gasteiger partial charge in [-0.15, -0.1) is 0 Å². The van der Waals surface area contributed by atoms with Crippen LogP contribution in [0.15, 0.2) is 24.3 Å². The molecular weight excluding hydrogens is 744 g/mol. The predicted molar refractivity (Wildman–Crippen MR) is 97.3 cm³/mol. The zero-order chi connectivity index (χ0) is 18.0. The van der Waals surface area contributed by atoms with Crippen molar-refractivity contribution in [2.75, 3.05) is 0 Å². The second-order valence-corrected chi connectivity index (χ2v) is 8.61. The number of carboxylic acids is 1. The van der Waals surface area contributed by atoms with E-state index in [1.54, 1.807) is 12.1 Å². The number of hydrogen-bond acceptors (Lipinski definition) is 3. The van der Waals surface area contributed by atoms with Crippen LogP contribution in [0, 0.1) is 43.5 Å². The van der Waals surface area contributed by atoms with Crippen LogP contribution in [0.2, 0.25) is 0 Å². The van der Waals surface area contributed by atoms with E-state index in [-0.39, 0.29) is 15.4 Å². The average molecular weight is 754 g/mol. The summed E-state index contributed by atoms with van der Waals surface area (Å²) >= 11 is 4.93. The van der Waals surface area contributed by atoms with Gasteiger partial charge in [-0.3, -0.25) is 0 Å². The molecule has 0 radical (unpaired) electrons. The van der Waals surface area contributed by atoms with Crippen LogP contribution in [0.3, 0.4) is 0 Å². The van der Waals surface area contributed by atoms with Gasteiger partial charge in [0.1, 0.15) is 0 Å². The molecule has 0 aliphatic rings. The number of carboxylic acid groups (broad SMARTS) is 1. The van der Waals surface area contributed by atoms with Crippen molar-refractivity contribution in [2.45, 2.75) is 12.5 Å². The summed E-state index contributed by atoms with van der Waals surface area (Å²) in [6.07, 6.45) is 0.174. The minimum absolute atomic E-state index is 0.0541. The summed E-state index contributed by atoms with van der Waals surface area (Å²) in [5, 5.41) is 8.89. The molecule has 4 nitrogen and oxygen atoms in total. The van der Waals surface area contributed by atoms with Crippen molar-refractivity contribution >= 4 is 54.4 Å².